The van der Waals surface area contributed by atoms with Crippen molar-refractivity contribution in [2.45, 2.75) is 6.18 Å². The zero-order valence-corrected chi connectivity index (χ0v) is 14.1. The van der Waals surface area contributed by atoms with Crippen LogP contribution >= 0.6 is 0 Å². The van der Waals surface area contributed by atoms with Crippen molar-refractivity contribution >= 4 is 17.4 Å². The number of anilines is 2. The Morgan fingerprint density at radius 1 is 1.11 bits per heavy atom. The molecule has 6 nitrogen and oxygen atoms in total. The third-order valence-corrected chi connectivity index (χ3v) is 3.64. The molecule has 1 aromatic carbocycles. The van der Waals surface area contributed by atoms with Gasteiger partial charge in [-0.1, -0.05) is 12.1 Å². The predicted octanol–water partition coefficient (Wildman–Crippen LogP) is 3.66. The van der Waals surface area contributed by atoms with Crippen molar-refractivity contribution in [1.82, 2.24) is 20.3 Å². The van der Waals surface area contributed by atoms with Gasteiger partial charge >= 0.3 is 6.18 Å². The lowest BCUT2D eigenvalue weighted by Gasteiger charge is -2.11. The van der Waals surface area contributed by atoms with Crippen LogP contribution in [0.2, 0.25) is 0 Å². The maximum absolute atomic E-state index is 12.9. The van der Waals surface area contributed by atoms with Gasteiger partial charge in [-0.2, -0.15) is 13.2 Å². The van der Waals surface area contributed by atoms with Gasteiger partial charge in [0.1, 0.15) is 5.82 Å². The first-order valence-corrected chi connectivity index (χ1v) is 7.82. The molecule has 0 fully saturated rings. The highest BCUT2D eigenvalue weighted by Crippen LogP contribution is 2.31. The maximum atomic E-state index is 12.9. The third kappa shape index (κ3) is 4.20. The molecule has 0 aliphatic heterocycles. The number of nitrogens with one attached hydrogen (secondary N) is 2. The fraction of sp³-hybridized carbons (Fsp3) is 0.111. The Morgan fingerprint density at radius 3 is 2.63 bits per heavy atom. The highest BCUT2D eigenvalue weighted by atomic mass is 19.4. The largest absolute Gasteiger partial charge is 0.417 e. The lowest BCUT2D eigenvalue weighted by molar-refractivity contribution is -0.137. The van der Waals surface area contributed by atoms with Crippen LogP contribution in [0.15, 0.2) is 55.0 Å². The number of hydrogen-bond acceptors (Lipinski definition) is 5. The maximum Gasteiger partial charge on any atom is 0.417 e. The van der Waals surface area contributed by atoms with E-state index in [9.17, 15) is 18.0 Å². The van der Waals surface area contributed by atoms with Gasteiger partial charge in [0.2, 0.25) is 0 Å². The van der Waals surface area contributed by atoms with E-state index in [2.05, 4.69) is 25.6 Å². The van der Waals surface area contributed by atoms with Crippen LogP contribution in [0, 0.1) is 0 Å². The van der Waals surface area contributed by atoms with Gasteiger partial charge in [0.15, 0.2) is 5.82 Å². The number of carbonyl (C=O) groups is 1. The van der Waals surface area contributed by atoms with Crippen LogP contribution in [0.1, 0.15) is 15.9 Å². The minimum absolute atomic E-state index is 0.0797. The summed E-state index contributed by atoms with van der Waals surface area (Å²) in [5.74, 6) is 0.124. The second-order valence-corrected chi connectivity index (χ2v) is 5.48. The zero-order valence-electron chi connectivity index (χ0n) is 14.1. The van der Waals surface area contributed by atoms with Crippen LogP contribution in [0.4, 0.5) is 24.7 Å². The summed E-state index contributed by atoms with van der Waals surface area (Å²) in [6, 6.07) is 9.27. The normalized spacial score (nSPS) is 11.1. The molecule has 9 heteroatoms. The summed E-state index contributed by atoms with van der Waals surface area (Å²) in [4.78, 5) is 23.8. The number of aromatic nitrogens is 3. The molecule has 1 amide bonds. The van der Waals surface area contributed by atoms with Crippen molar-refractivity contribution in [1.29, 1.82) is 0 Å². The van der Waals surface area contributed by atoms with Gasteiger partial charge in [-0.15, -0.1) is 0 Å². The number of hydrogen-bond donors (Lipinski definition) is 2. The molecule has 0 atom stereocenters. The second kappa shape index (κ2) is 7.40. The molecule has 0 spiro atoms. The number of benzene rings is 1. The summed E-state index contributed by atoms with van der Waals surface area (Å²) >= 11 is 0. The van der Waals surface area contributed by atoms with Gasteiger partial charge in [0.05, 0.1) is 16.8 Å². The molecule has 0 aliphatic rings. The number of halogens is 3. The van der Waals surface area contributed by atoms with Gasteiger partial charge in [-0.25, -0.2) is 9.97 Å². The number of rotatable bonds is 4. The van der Waals surface area contributed by atoms with Crippen LogP contribution in [-0.2, 0) is 6.18 Å². The molecule has 2 heterocycles. The van der Waals surface area contributed by atoms with E-state index >= 15 is 0 Å². The number of pyridine rings is 1. The van der Waals surface area contributed by atoms with Crippen LogP contribution in [-0.4, -0.2) is 27.9 Å². The first kappa shape index (κ1) is 18.3. The standard InChI is InChI=1S/C18H14F3N5O/c1-22-17(27)13-4-2-3-5-14(13)25-15-6-7-24-16(26-15)11-8-12(10-23-9-11)18(19,20)21/h2-10H,1H3,(H,22,27)(H,24,25,26). The Bertz CT molecular complexity index is 975. The molecule has 0 aliphatic carbocycles. The highest BCUT2D eigenvalue weighted by Gasteiger charge is 2.31. The Morgan fingerprint density at radius 2 is 1.89 bits per heavy atom. The summed E-state index contributed by atoms with van der Waals surface area (Å²) in [6.07, 6.45) is -1.10. The number of carbonyl (C=O) groups excluding carboxylic acids is 1. The first-order chi connectivity index (χ1) is 12.9. The van der Waals surface area contributed by atoms with Crippen molar-refractivity contribution in [2.75, 3.05) is 12.4 Å². The molecular weight excluding hydrogens is 359 g/mol. The average molecular weight is 373 g/mol. The fourth-order valence-electron chi connectivity index (χ4n) is 2.35. The number of para-hydroxylation sites is 1. The molecule has 0 bridgehead atoms. The van der Waals surface area contributed by atoms with Crippen molar-refractivity contribution in [2.24, 2.45) is 0 Å². The number of amides is 1. The molecule has 27 heavy (non-hydrogen) atoms. The molecular formula is C18H14F3N5O. The fourth-order valence-corrected chi connectivity index (χ4v) is 2.35. The Labute approximate surface area is 152 Å². The van der Waals surface area contributed by atoms with E-state index in [-0.39, 0.29) is 17.3 Å². The summed E-state index contributed by atoms with van der Waals surface area (Å²) in [5.41, 5.74) is 0.157. The van der Waals surface area contributed by atoms with Gasteiger partial charge in [-0.05, 0) is 24.3 Å². The van der Waals surface area contributed by atoms with Gasteiger partial charge in [-0.3, -0.25) is 9.78 Å². The van der Waals surface area contributed by atoms with Gasteiger partial charge in [0, 0.05) is 31.2 Å². The molecule has 0 radical (unpaired) electrons. The van der Waals surface area contributed by atoms with E-state index in [1.807, 2.05) is 0 Å². The van der Waals surface area contributed by atoms with E-state index in [4.69, 9.17) is 0 Å². The number of nitrogens with zero attached hydrogens (tertiary/aromatic N) is 3. The molecule has 0 saturated heterocycles. The summed E-state index contributed by atoms with van der Waals surface area (Å²) in [6.45, 7) is 0. The SMILES string of the molecule is CNC(=O)c1ccccc1Nc1ccnc(-c2cncc(C(F)(F)F)c2)n1. The van der Waals surface area contributed by atoms with E-state index in [0.29, 0.717) is 17.1 Å². The van der Waals surface area contributed by atoms with Crippen LogP contribution in [0.5, 0.6) is 0 Å². The van der Waals surface area contributed by atoms with Gasteiger partial charge in [0.25, 0.3) is 5.91 Å². The van der Waals surface area contributed by atoms with Crippen molar-refractivity contribution < 1.29 is 18.0 Å². The van der Waals surface area contributed by atoms with Crippen molar-refractivity contribution in [3.63, 3.8) is 0 Å². The van der Waals surface area contributed by atoms with E-state index < -0.39 is 11.7 Å². The lowest BCUT2D eigenvalue weighted by Crippen LogP contribution is -2.19. The van der Waals surface area contributed by atoms with Crippen molar-refractivity contribution in [3.8, 4) is 11.4 Å². The summed E-state index contributed by atoms with van der Waals surface area (Å²) < 4.78 is 38.6. The highest BCUT2D eigenvalue weighted by molar-refractivity contribution is 6.00. The molecule has 3 rings (SSSR count). The van der Waals surface area contributed by atoms with Crippen LogP contribution < -0.4 is 10.6 Å². The molecule has 138 valence electrons. The first-order valence-electron chi connectivity index (χ1n) is 7.82. The molecule has 0 unspecified atom stereocenters. The smallest absolute Gasteiger partial charge is 0.355 e. The number of alkyl halides is 3. The van der Waals surface area contributed by atoms with E-state index in [1.54, 1.807) is 30.3 Å². The summed E-state index contributed by atoms with van der Waals surface area (Å²) in [5, 5.41) is 5.53. The van der Waals surface area contributed by atoms with Gasteiger partial charge < -0.3 is 10.6 Å². The molecule has 2 N–H and O–H groups in total. The van der Waals surface area contributed by atoms with Crippen LogP contribution in [0.25, 0.3) is 11.4 Å². The van der Waals surface area contributed by atoms with E-state index in [1.165, 1.54) is 19.4 Å². The third-order valence-electron chi connectivity index (χ3n) is 3.64. The Hall–Kier alpha value is -3.49. The summed E-state index contributed by atoms with van der Waals surface area (Å²) in [7, 11) is 1.52. The monoisotopic (exact) mass is 373 g/mol. The minimum atomic E-state index is -4.51. The second-order valence-electron chi connectivity index (χ2n) is 5.48. The Balaban J connectivity index is 1.93. The van der Waals surface area contributed by atoms with E-state index in [0.717, 1.165) is 12.3 Å². The zero-order chi connectivity index (χ0) is 19.4. The average Bonchev–Trinajstić information content (AvgIpc) is 2.67. The quantitative estimate of drug-likeness (QED) is 0.730. The molecule has 0 saturated carbocycles. The lowest BCUT2D eigenvalue weighted by atomic mass is 10.1. The van der Waals surface area contributed by atoms with Crippen molar-refractivity contribution in [3.05, 3.63) is 66.1 Å². The Kier molecular flexibility index (Phi) is 5.02. The van der Waals surface area contributed by atoms with Crippen LogP contribution in [0.3, 0.4) is 0 Å². The minimum Gasteiger partial charge on any atom is -0.355 e. The predicted molar refractivity (Wildman–Crippen MR) is 93.4 cm³/mol. The topological polar surface area (TPSA) is 79.8 Å². The molecule has 2 aromatic heterocycles. The molecule has 3 aromatic rings.